The number of rotatable bonds is 5. The number of benzene rings is 2. The van der Waals surface area contributed by atoms with Crippen molar-refractivity contribution < 1.29 is 9.59 Å². The van der Waals surface area contributed by atoms with Crippen LogP contribution in [-0.4, -0.2) is 11.8 Å². The van der Waals surface area contributed by atoms with E-state index in [4.69, 9.17) is 11.6 Å². The highest BCUT2D eigenvalue weighted by Crippen LogP contribution is 2.22. The molecule has 4 nitrogen and oxygen atoms in total. The predicted octanol–water partition coefficient (Wildman–Crippen LogP) is 4.42. The molecule has 0 unspecified atom stereocenters. The molecule has 5 heteroatoms. The van der Waals surface area contributed by atoms with E-state index in [9.17, 15) is 9.59 Å². The van der Waals surface area contributed by atoms with Crippen LogP contribution in [0.15, 0.2) is 42.5 Å². The van der Waals surface area contributed by atoms with Gasteiger partial charge in [0.05, 0.1) is 6.42 Å². The second-order valence-corrected chi connectivity index (χ2v) is 6.40. The second-order valence-electron chi connectivity index (χ2n) is 5.99. The van der Waals surface area contributed by atoms with Crippen molar-refractivity contribution in [3.8, 4) is 0 Å². The van der Waals surface area contributed by atoms with Crippen LogP contribution in [0.2, 0.25) is 5.02 Å². The Morgan fingerprint density at radius 3 is 2.46 bits per heavy atom. The minimum atomic E-state index is -0.154. The number of aryl methyl sites for hydroxylation is 1. The van der Waals surface area contributed by atoms with Crippen LogP contribution in [0.3, 0.4) is 0 Å². The third kappa shape index (κ3) is 4.83. The Balaban J connectivity index is 2.09. The Morgan fingerprint density at radius 1 is 1.08 bits per heavy atom. The third-order valence-electron chi connectivity index (χ3n) is 3.61. The standard InChI is InChI=1S/C19H21ClN2O2/c1-12(2)19(24)21-15-9-8-13(3)17(11-15)22-18(23)10-14-6-4-5-7-16(14)20/h4-9,11-12H,10H2,1-3H3,(H,21,24)(H,22,23). The molecule has 2 aromatic carbocycles. The van der Waals surface area contributed by atoms with Crippen LogP contribution in [0.1, 0.15) is 25.0 Å². The molecule has 2 N–H and O–H groups in total. The van der Waals surface area contributed by atoms with Crippen molar-refractivity contribution >= 4 is 34.8 Å². The number of carbonyl (C=O) groups excluding carboxylic acids is 2. The summed E-state index contributed by atoms with van der Waals surface area (Å²) in [6.07, 6.45) is 0.196. The highest BCUT2D eigenvalue weighted by molar-refractivity contribution is 6.31. The smallest absolute Gasteiger partial charge is 0.228 e. The highest BCUT2D eigenvalue weighted by Gasteiger charge is 2.11. The lowest BCUT2D eigenvalue weighted by Crippen LogP contribution is -2.19. The molecule has 0 saturated heterocycles. The summed E-state index contributed by atoms with van der Waals surface area (Å²) in [5.41, 5.74) is 3.03. The number of carbonyl (C=O) groups is 2. The van der Waals surface area contributed by atoms with Crippen molar-refractivity contribution in [1.29, 1.82) is 0 Å². The summed E-state index contributed by atoms with van der Waals surface area (Å²) in [7, 11) is 0. The van der Waals surface area contributed by atoms with Gasteiger partial charge >= 0.3 is 0 Å². The lowest BCUT2D eigenvalue weighted by Gasteiger charge is -2.13. The summed E-state index contributed by atoms with van der Waals surface area (Å²) in [5, 5.41) is 6.28. The molecule has 0 bridgehead atoms. The fraction of sp³-hybridized carbons (Fsp3) is 0.263. The zero-order valence-electron chi connectivity index (χ0n) is 14.0. The molecule has 0 fully saturated rings. The Labute approximate surface area is 147 Å². The number of amides is 2. The first-order chi connectivity index (χ1) is 11.4. The lowest BCUT2D eigenvalue weighted by atomic mass is 10.1. The monoisotopic (exact) mass is 344 g/mol. The van der Waals surface area contributed by atoms with Crippen molar-refractivity contribution in [2.75, 3.05) is 10.6 Å². The van der Waals surface area contributed by atoms with E-state index in [-0.39, 0.29) is 24.2 Å². The topological polar surface area (TPSA) is 58.2 Å². The first-order valence-corrected chi connectivity index (χ1v) is 8.19. The Kier molecular flexibility index (Phi) is 5.99. The van der Waals surface area contributed by atoms with E-state index in [2.05, 4.69) is 10.6 Å². The number of anilines is 2. The molecule has 2 amide bonds. The number of hydrogen-bond donors (Lipinski definition) is 2. The Morgan fingerprint density at radius 2 is 1.79 bits per heavy atom. The van der Waals surface area contributed by atoms with Gasteiger partial charge in [0.25, 0.3) is 0 Å². The third-order valence-corrected chi connectivity index (χ3v) is 3.98. The van der Waals surface area contributed by atoms with Crippen molar-refractivity contribution in [2.45, 2.75) is 27.2 Å². The van der Waals surface area contributed by atoms with Gasteiger partial charge in [0.1, 0.15) is 0 Å². The minimum absolute atomic E-state index is 0.0628. The molecule has 0 saturated carbocycles. The average Bonchev–Trinajstić information content (AvgIpc) is 2.52. The SMILES string of the molecule is Cc1ccc(NC(=O)C(C)C)cc1NC(=O)Cc1ccccc1Cl. The van der Waals surface area contributed by atoms with E-state index < -0.39 is 0 Å². The molecule has 0 radical (unpaired) electrons. The van der Waals surface area contributed by atoms with E-state index >= 15 is 0 Å². The van der Waals surface area contributed by atoms with Gasteiger partial charge in [0, 0.05) is 22.3 Å². The van der Waals surface area contributed by atoms with Crippen LogP contribution in [0, 0.1) is 12.8 Å². The molecule has 24 heavy (non-hydrogen) atoms. The summed E-state index contributed by atoms with van der Waals surface area (Å²) in [4.78, 5) is 24.1. The predicted molar refractivity (Wildman–Crippen MR) is 98.4 cm³/mol. The van der Waals surface area contributed by atoms with E-state index in [1.54, 1.807) is 12.1 Å². The quantitative estimate of drug-likeness (QED) is 0.843. The summed E-state index contributed by atoms with van der Waals surface area (Å²) in [5.74, 6) is -0.324. The van der Waals surface area contributed by atoms with Gasteiger partial charge in [0.15, 0.2) is 0 Å². The highest BCUT2D eigenvalue weighted by atomic mass is 35.5. The molecule has 0 spiro atoms. The van der Waals surface area contributed by atoms with Crippen molar-refractivity contribution in [3.05, 3.63) is 58.6 Å². The van der Waals surface area contributed by atoms with E-state index in [1.807, 2.05) is 51.1 Å². The van der Waals surface area contributed by atoms with Gasteiger partial charge in [-0.25, -0.2) is 0 Å². The van der Waals surface area contributed by atoms with Crippen LogP contribution in [-0.2, 0) is 16.0 Å². The van der Waals surface area contributed by atoms with Crippen LogP contribution < -0.4 is 10.6 Å². The summed E-state index contributed by atoms with van der Waals surface area (Å²) >= 11 is 6.09. The molecule has 0 atom stereocenters. The number of halogens is 1. The molecule has 0 aliphatic carbocycles. The zero-order chi connectivity index (χ0) is 17.7. The van der Waals surface area contributed by atoms with Gasteiger partial charge in [-0.2, -0.15) is 0 Å². The van der Waals surface area contributed by atoms with Gasteiger partial charge in [0.2, 0.25) is 11.8 Å². The minimum Gasteiger partial charge on any atom is -0.326 e. The van der Waals surface area contributed by atoms with Crippen LogP contribution in [0.4, 0.5) is 11.4 Å². The van der Waals surface area contributed by atoms with E-state index in [0.717, 1.165) is 11.1 Å². The molecule has 0 aliphatic heterocycles. The van der Waals surface area contributed by atoms with Gasteiger partial charge in [-0.3, -0.25) is 9.59 Å². The van der Waals surface area contributed by atoms with E-state index in [1.165, 1.54) is 0 Å². The second kappa shape index (κ2) is 7.97. The summed E-state index contributed by atoms with van der Waals surface area (Å²) < 4.78 is 0. The molecule has 2 aromatic rings. The number of hydrogen-bond acceptors (Lipinski definition) is 2. The Bertz CT molecular complexity index is 757. The molecule has 126 valence electrons. The molecule has 2 rings (SSSR count). The van der Waals surface area contributed by atoms with Crippen molar-refractivity contribution in [3.63, 3.8) is 0 Å². The van der Waals surface area contributed by atoms with Crippen LogP contribution in [0.5, 0.6) is 0 Å². The van der Waals surface area contributed by atoms with Crippen LogP contribution in [0.25, 0.3) is 0 Å². The fourth-order valence-corrected chi connectivity index (χ4v) is 2.33. The maximum atomic E-state index is 12.3. The lowest BCUT2D eigenvalue weighted by molar-refractivity contribution is -0.119. The van der Waals surface area contributed by atoms with Crippen molar-refractivity contribution in [2.24, 2.45) is 5.92 Å². The van der Waals surface area contributed by atoms with Gasteiger partial charge in [-0.05, 0) is 36.2 Å². The van der Waals surface area contributed by atoms with Gasteiger partial charge < -0.3 is 10.6 Å². The summed E-state index contributed by atoms with van der Waals surface area (Å²) in [6.45, 7) is 5.56. The zero-order valence-corrected chi connectivity index (χ0v) is 14.8. The normalized spacial score (nSPS) is 10.5. The number of nitrogens with one attached hydrogen (secondary N) is 2. The van der Waals surface area contributed by atoms with Gasteiger partial charge in [-0.15, -0.1) is 0 Å². The fourth-order valence-electron chi connectivity index (χ4n) is 2.13. The molecular formula is C19H21ClN2O2. The van der Waals surface area contributed by atoms with Crippen LogP contribution >= 0.6 is 11.6 Å². The molecule has 0 aliphatic rings. The van der Waals surface area contributed by atoms with Crippen molar-refractivity contribution in [1.82, 2.24) is 0 Å². The first kappa shape index (κ1) is 18.0. The Hall–Kier alpha value is -2.33. The molecule has 0 heterocycles. The maximum absolute atomic E-state index is 12.3. The average molecular weight is 345 g/mol. The molecular weight excluding hydrogens is 324 g/mol. The summed E-state index contributed by atoms with van der Waals surface area (Å²) in [6, 6.07) is 12.7. The van der Waals surface area contributed by atoms with E-state index in [0.29, 0.717) is 16.4 Å². The first-order valence-electron chi connectivity index (χ1n) is 7.81. The largest absolute Gasteiger partial charge is 0.326 e. The maximum Gasteiger partial charge on any atom is 0.228 e. The van der Waals surface area contributed by atoms with Gasteiger partial charge in [-0.1, -0.05) is 49.7 Å². The molecule has 0 aromatic heterocycles.